The van der Waals surface area contributed by atoms with E-state index in [1.165, 1.54) is 0 Å². The lowest BCUT2D eigenvalue weighted by Gasteiger charge is -2.30. The van der Waals surface area contributed by atoms with Gasteiger partial charge in [0, 0.05) is 32.0 Å². The number of furan rings is 1. The van der Waals surface area contributed by atoms with Crippen LogP contribution in [0.25, 0.3) is 11.0 Å². The molecule has 4 rings (SSSR count). The van der Waals surface area contributed by atoms with Crippen LogP contribution < -0.4 is 5.32 Å². The second-order valence-electron chi connectivity index (χ2n) is 7.16. The summed E-state index contributed by atoms with van der Waals surface area (Å²) in [6.07, 6.45) is 3.76. The first kappa shape index (κ1) is 18.3. The summed E-state index contributed by atoms with van der Waals surface area (Å²) < 4.78 is 5.56. The molecule has 1 fully saturated rings. The number of benzene rings is 1. The summed E-state index contributed by atoms with van der Waals surface area (Å²) in [5.74, 6) is 1.08. The van der Waals surface area contributed by atoms with Gasteiger partial charge in [-0.25, -0.2) is 4.98 Å². The number of hydrogen-bond donors (Lipinski definition) is 2. The number of aromatic amines is 1. The average Bonchev–Trinajstić information content (AvgIpc) is 3.40. The van der Waals surface area contributed by atoms with Crippen LogP contribution in [0.2, 0.25) is 0 Å². The van der Waals surface area contributed by atoms with Gasteiger partial charge in [0.05, 0.1) is 17.4 Å². The zero-order valence-electron chi connectivity index (χ0n) is 15.9. The van der Waals surface area contributed by atoms with Crippen LogP contribution in [0.5, 0.6) is 0 Å². The third-order valence-corrected chi connectivity index (χ3v) is 5.33. The van der Waals surface area contributed by atoms with Gasteiger partial charge in [0.2, 0.25) is 5.91 Å². The van der Waals surface area contributed by atoms with Crippen LogP contribution in [0.4, 0.5) is 0 Å². The molecule has 3 heterocycles. The standard InChI is InChI=1S/C21H24N4O3/c1-2-16-4-6-19(28-16)21(27)25-9-7-15(8-10-25)20(26)22-12-14-3-5-17-18(11-14)24-13-23-17/h3-6,11,13,15H,2,7-10,12H2,1H3,(H,22,26)(H,23,24). The number of carbonyl (C=O) groups excluding carboxylic acids is 2. The van der Waals surface area contributed by atoms with E-state index in [1.54, 1.807) is 17.3 Å². The Kier molecular flexibility index (Phi) is 5.14. The summed E-state index contributed by atoms with van der Waals surface area (Å²) >= 11 is 0. The highest BCUT2D eigenvalue weighted by atomic mass is 16.4. The largest absolute Gasteiger partial charge is 0.456 e. The zero-order chi connectivity index (χ0) is 19.5. The zero-order valence-corrected chi connectivity index (χ0v) is 15.9. The normalized spacial score (nSPS) is 15.1. The summed E-state index contributed by atoms with van der Waals surface area (Å²) in [6.45, 7) is 3.61. The number of H-pyrrole nitrogens is 1. The van der Waals surface area contributed by atoms with Gasteiger partial charge in [-0.05, 0) is 42.7 Å². The first-order valence-electron chi connectivity index (χ1n) is 9.71. The molecular weight excluding hydrogens is 356 g/mol. The summed E-state index contributed by atoms with van der Waals surface area (Å²) in [5, 5.41) is 3.02. The van der Waals surface area contributed by atoms with E-state index >= 15 is 0 Å². The Balaban J connectivity index is 1.28. The Morgan fingerprint density at radius 1 is 1.25 bits per heavy atom. The predicted octanol–water partition coefficient (Wildman–Crippen LogP) is 2.89. The minimum Gasteiger partial charge on any atom is -0.456 e. The van der Waals surface area contributed by atoms with E-state index in [9.17, 15) is 9.59 Å². The maximum absolute atomic E-state index is 12.5. The van der Waals surface area contributed by atoms with Crippen molar-refractivity contribution in [2.45, 2.75) is 32.7 Å². The average molecular weight is 380 g/mol. The van der Waals surface area contributed by atoms with Gasteiger partial charge in [-0.3, -0.25) is 9.59 Å². The number of imidazole rings is 1. The van der Waals surface area contributed by atoms with Gasteiger partial charge in [-0.1, -0.05) is 13.0 Å². The monoisotopic (exact) mass is 380 g/mol. The number of rotatable bonds is 5. The Labute approximate surface area is 163 Å². The van der Waals surface area contributed by atoms with E-state index in [4.69, 9.17) is 4.42 Å². The lowest BCUT2D eigenvalue weighted by molar-refractivity contribution is -0.126. The number of carbonyl (C=O) groups is 2. The molecule has 7 heteroatoms. The van der Waals surface area contributed by atoms with Gasteiger partial charge >= 0.3 is 0 Å². The third-order valence-electron chi connectivity index (χ3n) is 5.33. The lowest BCUT2D eigenvalue weighted by atomic mass is 9.95. The fourth-order valence-electron chi connectivity index (χ4n) is 3.61. The molecule has 2 amide bonds. The predicted molar refractivity (Wildman–Crippen MR) is 105 cm³/mol. The van der Waals surface area contributed by atoms with Crippen molar-refractivity contribution in [3.8, 4) is 0 Å². The molecule has 1 aliphatic heterocycles. The smallest absolute Gasteiger partial charge is 0.289 e. The van der Waals surface area contributed by atoms with Gasteiger partial charge in [-0.2, -0.15) is 0 Å². The minimum absolute atomic E-state index is 0.0445. The molecule has 28 heavy (non-hydrogen) atoms. The number of amides is 2. The van der Waals surface area contributed by atoms with Crippen LogP contribution in [0.1, 0.15) is 41.6 Å². The summed E-state index contributed by atoms with van der Waals surface area (Å²) in [5.41, 5.74) is 2.90. The van der Waals surface area contributed by atoms with Gasteiger partial charge in [0.25, 0.3) is 5.91 Å². The molecule has 0 bridgehead atoms. The Hall–Kier alpha value is -3.09. The molecule has 0 unspecified atom stereocenters. The highest BCUT2D eigenvalue weighted by molar-refractivity contribution is 5.91. The fraction of sp³-hybridized carbons (Fsp3) is 0.381. The minimum atomic E-state index is -0.0913. The molecule has 1 aliphatic rings. The molecule has 0 radical (unpaired) electrons. The van der Waals surface area contributed by atoms with Crippen molar-refractivity contribution >= 4 is 22.8 Å². The SMILES string of the molecule is CCc1ccc(C(=O)N2CCC(C(=O)NCc3ccc4nc[nH]c4c3)CC2)o1. The first-order valence-corrected chi connectivity index (χ1v) is 9.71. The van der Waals surface area contributed by atoms with Gasteiger partial charge in [0.1, 0.15) is 5.76 Å². The summed E-state index contributed by atoms with van der Waals surface area (Å²) in [6, 6.07) is 9.48. The van der Waals surface area contributed by atoms with E-state index in [-0.39, 0.29) is 17.7 Å². The lowest BCUT2D eigenvalue weighted by Crippen LogP contribution is -2.42. The van der Waals surface area contributed by atoms with E-state index in [1.807, 2.05) is 31.2 Å². The molecular formula is C21H24N4O3. The van der Waals surface area contributed by atoms with Crippen LogP contribution in [0.15, 0.2) is 41.1 Å². The van der Waals surface area contributed by atoms with Gasteiger partial charge in [0.15, 0.2) is 5.76 Å². The molecule has 2 N–H and O–H groups in total. The third kappa shape index (κ3) is 3.78. The van der Waals surface area contributed by atoms with Crippen LogP contribution in [0, 0.1) is 5.92 Å². The van der Waals surface area contributed by atoms with Crippen molar-refractivity contribution < 1.29 is 14.0 Å². The van der Waals surface area contributed by atoms with Crippen LogP contribution in [-0.2, 0) is 17.8 Å². The number of piperidine rings is 1. The number of fused-ring (bicyclic) bond motifs is 1. The molecule has 1 aromatic carbocycles. The van der Waals surface area contributed by atoms with Gasteiger partial charge in [-0.15, -0.1) is 0 Å². The van der Waals surface area contributed by atoms with Crippen molar-refractivity contribution in [3.05, 3.63) is 53.7 Å². The molecule has 2 aromatic heterocycles. The van der Waals surface area contributed by atoms with Crippen molar-refractivity contribution in [2.24, 2.45) is 5.92 Å². The number of aromatic nitrogens is 2. The first-order chi connectivity index (χ1) is 13.6. The van der Waals surface area contributed by atoms with Crippen molar-refractivity contribution in [3.63, 3.8) is 0 Å². The molecule has 1 saturated heterocycles. The highest BCUT2D eigenvalue weighted by Crippen LogP contribution is 2.21. The van der Waals surface area contributed by atoms with Gasteiger partial charge < -0.3 is 19.6 Å². The second kappa shape index (κ2) is 7.88. The summed E-state index contributed by atoms with van der Waals surface area (Å²) in [7, 11) is 0. The number of nitrogens with one attached hydrogen (secondary N) is 2. The Morgan fingerprint density at radius 3 is 2.82 bits per heavy atom. The Morgan fingerprint density at radius 2 is 2.07 bits per heavy atom. The van der Waals surface area contributed by atoms with E-state index in [0.717, 1.165) is 28.8 Å². The second-order valence-corrected chi connectivity index (χ2v) is 7.16. The molecule has 7 nitrogen and oxygen atoms in total. The molecule has 0 atom stereocenters. The van der Waals surface area contributed by atoms with Crippen LogP contribution >= 0.6 is 0 Å². The quantitative estimate of drug-likeness (QED) is 0.712. The van der Waals surface area contributed by atoms with Crippen molar-refractivity contribution in [1.29, 1.82) is 0 Å². The van der Waals surface area contributed by atoms with E-state index < -0.39 is 0 Å². The number of hydrogen-bond acceptors (Lipinski definition) is 4. The number of aryl methyl sites for hydroxylation is 1. The molecule has 0 aliphatic carbocycles. The maximum atomic E-state index is 12.5. The Bertz CT molecular complexity index is 982. The number of likely N-dealkylation sites (tertiary alicyclic amines) is 1. The summed E-state index contributed by atoms with van der Waals surface area (Å²) in [4.78, 5) is 34.1. The van der Waals surface area contributed by atoms with Crippen LogP contribution in [-0.4, -0.2) is 39.8 Å². The van der Waals surface area contributed by atoms with E-state index in [0.29, 0.717) is 38.2 Å². The molecule has 3 aromatic rings. The molecule has 146 valence electrons. The van der Waals surface area contributed by atoms with Crippen molar-refractivity contribution in [1.82, 2.24) is 20.2 Å². The molecule has 0 saturated carbocycles. The molecule has 0 spiro atoms. The van der Waals surface area contributed by atoms with Crippen LogP contribution in [0.3, 0.4) is 0 Å². The highest BCUT2D eigenvalue weighted by Gasteiger charge is 2.28. The topological polar surface area (TPSA) is 91.2 Å². The fourth-order valence-corrected chi connectivity index (χ4v) is 3.61. The van der Waals surface area contributed by atoms with E-state index in [2.05, 4.69) is 15.3 Å². The number of nitrogens with zero attached hydrogens (tertiary/aromatic N) is 2. The van der Waals surface area contributed by atoms with Crippen molar-refractivity contribution in [2.75, 3.05) is 13.1 Å². The maximum Gasteiger partial charge on any atom is 0.289 e.